The van der Waals surface area contributed by atoms with Crippen LogP contribution >= 0.6 is 11.6 Å². The second-order valence-corrected chi connectivity index (χ2v) is 11.6. The van der Waals surface area contributed by atoms with Gasteiger partial charge >= 0.3 is 0 Å². The number of benzene rings is 2. The van der Waals surface area contributed by atoms with E-state index in [2.05, 4.69) is 5.32 Å². The maximum atomic E-state index is 13.7. The van der Waals surface area contributed by atoms with Crippen molar-refractivity contribution >= 4 is 39.1 Å². The van der Waals surface area contributed by atoms with Crippen LogP contribution in [0.3, 0.4) is 0 Å². The topological polar surface area (TPSA) is 86.8 Å². The summed E-state index contributed by atoms with van der Waals surface area (Å²) in [6.45, 7) is 9.05. The Bertz CT molecular complexity index is 1130. The zero-order chi connectivity index (χ0) is 25.7. The molecule has 0 saturated heterocycles. The Morgan fingerprint density at radius 3 is 2.18 bits per heavy atom. The molecule has 2 aromatic carbocycles. The number of halogens is 1. The van der Waals surface area contributed by atoms with E-state index in [-0.39, 0.29) is 23.2 Å². The molecule has 2 aromatic rings. The molecule has 0 aliphatic carbocycles. The summed E-state index contributed by atoms with van der Waals surface area (Å²) in [5.41, 5.74) is 1.57. The number of sulfonamides is 1. The van der Waals surface area contributed by atoms with Gasteiger partial charge in [0.05, 0.1) is 17.0 Å². The number of hydrogen-bond acceptors (Lipinski definition) is 4. The molecule has 0 radical (unpaired) electrons. The lowest BCUT2D eigenvalue weighted by molar-refractivity contribution is -0.141. The summed E-state index contributed by atoms with van der Waals surface area (Å²) >= 11 is 6.26. The highest BCUT2D eigenvalue weighted by atomic mass is 35.5. The monoisotopic (exact) mass is 507 g/mol. The van der Waals surface area contributed by atoms with Crippen LogP contribution in [-0.4, -0.2) is 49.5 Å². The van der Waals surface area contributed by atoms with E-state index >= 15 is 0 Å². The summed E-state index contributed by atoms with van der Waals surface area (Å²) < 4.78 is 26.2. The van der Waals surface area contributed by atoms with Crippen LogP contribution < -0.4 is 9.62 Å². The van der Waals surface area contributed by atoms with Crippen molar-refractivity contribution in [1.29, 1.82) is 0 Å². The number of rotatable bonds is 9. The zero-order valence-electron chi connectivity index (χ0n) is 20.6. The van der Waals surface area contributed by atoms with Gasteiger partial charge < -0.3 is 10.2 Å². The average Bonchev–Trinajstić information content (AvgIpc) is 2.71. The molecule has 0 spiro atoms. The van der Waals surface area contributed by atoms with Gasteiger partial charge in [0.1, 0.15) is 12.6 Å². The fourth-order valence-corrected chi connectivity index (χ4v) is 4.74. The summed E-state index contributed by atoms with van der Waals surface area (Å²) in [4.78, 5) is 28.3. The van der Waals surface area contributed by atoms with Gasteiger partial charge in [-0.05, 0) is 57.4 Å². The van der Waals surface area contributed by atoms with Crippen molar-refractivity contribution < 1.29 is 18.0 Å². The molecule has 2 amide bonds. The Morgan fingerprint density at radius 1 is 1.06 bits per heavy atom. The number of carbonyl (C=O) groups excluding carboxylic acids is 2. The van der Waals surface area contributed by atoms with Crippen molar-refractivity contribution in [2.75, 3.05) is 17.1 Å². The van der Waals surface area contributed by atoms with Crippen LogP contribution in [0.15, 0.2) is 48.5 Å². The largest absolute Gasteiger partial charge is 0.350 e. The van der Waals surface area contributed by atoms with Crippen molar-refractivity contribution in [2.24, 2.45) is 0 Å². The van der Waals surface area contributed by atoms with Gasteiger partial charge in [-0.25, -0.2) is 8.42 Å². The number of nitrogens with zero attached hydrogens (tertiary/aromatic N) is 2. The minimum Gasteiger partial charge on any atom is -0.350 e. The second-order valence-electron chi connectivity index (χ2n) is 9.33. The highest BCUT2D eigenvalue weighted by Crippen LogP contribution is 2.27. The molecule has 0 heterocycles. The summed E-state index contributed by atoms with van der Waals surface area (Å²) in [5, 5.41) is 3.16. The first kappa shape index (κ1) is 27.7. The molecule has 0 aromatic heterocycles. The summed E-state index contributed by atoms with van der Waals surface area (Å²) in [6.07, 6.45) is 1.39. The van der Waals surface area contributed by atoms with Crippen molar-refractivity contribution in [2.45, 2.75) is 59.2 Å². The lowest BCUT2D eigenvalue weighted by Gasteiger charge is -2.35. The van der Waals surface area contributed by atoms with Gasteiger partial charge in [-0.15, -0.1) is 0 Å². The SMILES string of the molecule is CC[C@H](C(=O)NC(C)(C)C)N(Cc1ccccc1C)C(=O)CN(c1ccccc1Cl)S(C)(=O)=O. The van der Waals surface area contributed by atoms with Gasteiger partial charge in [-0.2, -0.15) is 0 Å². The molecule has 186 valence electrons. The van der Waals surface area contributed by atoms with Crippen LogP contribution in [0.1, 0.15) is 45.2 Å². The number of amides is 2. The predicted molar refractivity (Wildman–Crippen MR) is 137 cm³/mol. The molecule has 0 unspecified atom stereocenters. The quantitative estimate of drug-likeness (QED) is 0.552. The molecule has 0 fully saturated rings. The second kappa shape index (κ2) is 11.2. The lowest BCUT2D eigenvalue weighted by Crippen LogP contribution is -2.55. The first-order valence-electron chi connectivity index (χ1n) is 11.1. The van der Waals surface area contributed by atoms with Gasteiger partial charge in [0.2, 0.25) is 21.8 Å². The number of carbonyl (C=O) groups is 2. The van der Waals surface area contributed by atoms with Crippen LogP contribution in [-0.2, 0) is 26.2 Å². The Hall–Kier alpha value is -2.58. The Balaban J connectivity index is 2.49. The average molecular weight is 508 g/mol. The molecular formula is C25H34ClN3O4S. The van der Waals surface area contributed by atoms with Gasteiger partial charge in [0.25, 0.3) is 0 Å². The molecule has 34 heavy (non-hydrogen) atoms. The molecule has 0 saturated carbocycles. The van der Waals surface area contributed by atoms with Crippen LogP contribution in [0.4, 0.5) is 5.69 Å². The molecule has 0 bridgehead atoms. The maximum Gasteiger partial charge on any atom is 0.244 e. The third-order valence-corrected chi connectivity index (χ3v) is 6.73. The number of hydrogen-bond donors (Lipinski definition) is 1. The van der Waals surface area contributed by atoms with Crippen LogP contribution in [0.2, 0.25) is 5.02 Å². The maximum absolute atomic E-state index is 13.7. The third-order valence-electron chi connectivity index (χ3n) is 5.29. The highest BCUT2D eigenvalue weighted by Gasteiger charge is 2.33. The van der Waals surface area contributed by atoms with Crippen LogP contribution in [0.25, 0.3) is 0 Å². The number of nitrogens with one attached hydrogen (secondary N) is 1. The van der Waals surface area contributed by atoms with Crippen LogP contribution in [0.5, 0.6) is 0 Å². The molecule has 7 nitrogen and oxygen atoms in total. The first-order valence-corrected chi connectivity index (χ1v) is 13.4. The van der Waals surface area contributed by atoms with Crippen molar-refractivity contribution in [3.8, 4) is 0 Å². The van der Waals surface area contributed by atoms with Crippen molar-refractivity contribution in [1.82, 2.24) is 10.2 Å². The normalized spacial score (nSPS) is 12.7. The standard InChI is InChI=1S/C25H34ClN3O4S/c1-7-21(24(31)27-25(3,4)5)28(16-19-13-9-8-12-18(19)2)23(30)17-29(34(6,32)33)22-15-11-10-14-20(22)26/h8-15,21H,7,16-17H2,1-6H3,(H,27,31)/t21-/m1/s1. The first-order chi connectivity index (χ1) is 15.7. The minimum atomic E-state index is -3.83. The van der Waals surface area contributed by atoms with E-state index in [1.807, 2.05) is 58.9 Å². The Labute approximate surface area is 208 Å². The molecule has 1 atom stereocenters. The number of para-hydroxylation sites is 1. The minimum absolute atomic E-state index is 0.168. The fraction of sp³-hybridized carbons (Fsp3) is 0.440. The van der Waals surface area contributed by atoms with E-state index in [1.54, 1.807) is 24.3 Å². The smallest absolute Gasteiger partial charge is 0.244 e. The van der Waals surface area contributed by atoms with Crippen LogP contribution in [0, 0.1) is 6.92 Å². The van der Waals surface area contributed by atoms with Gasteiger partial charge in [-0.1, -0.05) is 54.9 Å². The van der Waals surface area contributed by atoms with Crippen molar-refractivity contribution in [3.05, 3.63) is 64.7 Å². The Morgan fingerprint density at radius 2 is 1.65 bits per heavy atom. The third kappa shape index (κ3) is 7.46. The van der Waals surface area contributed by atoms with Crippen molar-refractivity contribution in [3.63, 3.8) is 0 Å². The zero-order valence-corrected chi connectivity index (χ0v) is 22.2. The van der Waals surface area contributed by atoms with Gasteiger partial charge in [0.15, 0.2) is 0 Å². The molecule has 2 rings (SSSR count). The summed E-state index contributed by atoms with van der Waals surface area (Å²) in [5.74, 6) is -0.787. The fourth-order valence-electron chi connectivity index (χ4n) is 3.59. The van der Waals surface area contributed by atoms with E-state index in [1.165, 1.54) is 4.90 Å². The van der Waals surface area contributed by atoms with E-state index < -0.39 is 34.1 Å². The van der Waals surface area contributed by atoms with E-state index in [0.717, 1.165) is 21.7 Å². The number of aryl methyl sites for hydroxylation is 1. The molecule has 9 heteroatoms. The number of anilines is 1. The van der Waals surface area contributed by atoms with Gasteiger partial charge in [0, 0.05) is 12.1 Å². The lowest BCUT2D eigenvalue weighted by atomic mass is 10.0. The molecule has 1 N–H and O–H groups in total. The summed E-state index contributed by atoms with van der Waals surface area (Å²) in [7, 11) is -3.83. The predicted octanol–water partition coefficient (Wildman–Crippen LogP) is 4.14. The summed E-state index contributed by atoms with van der Waals surface area (Å²) in [6, 6.07) is 13.3. The van der Waals surface area contributed by atoms with E-state index in [9.17, 15) is 18.0 Å². The molecule has 0 aliphatic rings. The highest BCUT2D eigenvalue weighted by molar-refractivity contribution is 7.92. The van der Waals surface area contributed by atoms with E-state index in [0.29, 0.717) is 6.42 Å². The van der Waals surface area contributed by atoms with E-state index in [4.69, 9.17) is 11.6 Å². The Kier molecular flexibility index (Phi) is 9.14. The molecular weight excluding hydrogens is 474 g/mol. The molecule has 0 aliphatic heterocycles. The van der Waals surface area contributed by atoms with Gasteiger partial charge in [-0.3, -0.25) is 13.9 Å².